The summed E-state index contributed by atoms with van der Waals surface area (Å²) in [6, 6.07) is 1.84. The Labute approximate surface area is 43.0 Å². The normalized spacial score (nSPS) is 9.14. The van der Waals surface area contributed by atoms with Crippen LogP contribution in [0.25, 0.3) is 0 Å². The predicted octanol–water partition coefficient (Wildman–Crippen LogP) is 0.713. The van der Waals surface area contributed by atoms with Crippen LogP contribution in [0.4, 0.5) is 0 Å². The summed E-state index contributed by atoms with van der Waals surface area (Å²) in [5, 5.41) is 7.90. The molecule has 0 spiro atoms. The molecule has 38 valence electrons. The van der Waals surface area contributed by atoms with Gasteiger partial charge in [-0.2, -0.15) is 5.26 Å². The van der Waals surface area contributed by atoms with Crippen LogP contribution in [-0.4, -0.2) is 13.7 Å². The topological polar surface area (TPSA) is 33.0 Å². The van der Waals surface area contributed by atoms with E-state index in [0.29, 0.717) is 6.61 Å². The van der Waals surface area contributed by atoms with Crippen molar-refractivity contribution in [3.63, 3.8) is 0 Å². The Morgan fingerprint density at radius 1 is 1.86 bits per heavy atom. The molecule has 0 saturated carbocycles. The van der Waals surface area contributed by atoms with E-state index in [1.54, 1.807) is 13.2 Å². The Kier molecular flexibility index (Phi) is 4.59. The summed E-state index contributed by atoms with van der Waals surface area (Å²) in [5.41, 5.74) is 0. The molecule has 0 aromatic rings. The number of hydrogen-bond acceptors (Lipinski definition) is 2. The van der Waals surface area contributed by atoms with Gasteiger partial charge >= 0.3 is 0 Å². The molecule has 0 N–H and O–H groups in total. The molecular formula is C5H7NO. The lowest BCUT2D eigenvalue weighted by molar-refractivity contribution is 0.234. The van der Waals surface area contributed by atoms with E-state index in [4.69, 9.17) is 5.26 Å². The minimum Gasteiger partial charge on any atom is -0.381 e. The number of nitriles is 1. The van der Waals surface area contributed by atoms with Crippen molar-refractivity contribution in [3.8, 4) is 6.07 Å². The zero-order valence-electron chi connectivity index (χ0n) is 4.22. The van der Waals surface area contributed by atoms with E-state index in [9.17, 15) is 0 Å². The molecule has 2 heteroatoms. The minimum atomic E-state index is 0.521. The molecule has 0 aliphatic heterocycles. The molecule has 0 aliphatic carbocycles. The van der Waals surface area contributed by atoms with Crippen molar-refractivity contribution in [2.45, 2.75) is 0 Å². The van der Waals surface area contributed by atoms with Gasteiger partial charge in [0.05, 0.1) is 12.7 Å². The van der Waals surface area contributed by atoms with Crippen molar-refractivity contribution in [3.05, 3.63) is 12.2 Å². The third-order valence-corrected chi connectivity index (χ3v) is 0.455. The fourth-order valence-electron chi connectivity index (χ4n) is 0.197. The highest BCUT2D eigenvalue weighted by atomic mass is 16.5. The van der Waals surface area contributed by atoms with Gasteiger partial charge in [0.2, 0.25) is 0 Å². The second-order valence-electron chi connectivity index (χ2n) is 0.987. The molecule has 0 saturated heterocycles. The highest BCUT2D eigenvalue weighted by Crippen LogP contribution is 1.68. The number of ether oxygens (including phenoxy) is 1. The molecule has 0 aliphatic rings. The van der Waals surface area contributed by atoms with Crippen molar-refractivity contribution in [2.24, 2.45) is 0 Å². The number of allylic oxidation sites excluding steroid dienone is 1. The van der Waals surface area contributed by atoms with E-state index in [0.717, 1.165) is 0 Å². The zero-order chi connectivity index (χ0) is 5.54. The van der Waals surface area contributed by atoms with Gasteiger partial charge in [0.15, 0.2) is 0 Å². The van der Waals surface area contributed by atoms with Crippen LogP contribution in [0.1, 0.15) is 0 Å². The molecule has 0 rings (SSSR count). The van der Waals surface area contributed by atoms with Gasteiger partial charge in [-0.3, -0.25) is 0 Å². The third kappa shape index (κ3) is 5.19. The number of hydrogen-bond donors (Lipinski definition) is 0. The molecule has 0 radical (unpaired) electrons. The Morgan fingerprint density at radius 3 is 3.00 bits per heavy atom. The first-order valence-electron chi connectivity index (χ1n) is 1.95. The van der Waals surface area contributed by atoms with Crippen molar-refractivity contribution < 1.29 is 4.74 Å². The Bertz CT molecular complexity index is 90.7. The lowest BCUT2D eigenvalue weighted by Gasteiger charge is -1.81. The number of methoxy groups -OCH3 is 1. The average Bonchev–Trinajstić information content (AvgIpc) is 1.69. The smallest absolute Gasteiger partial charge is 0.0909 e. The van der Waals surface area contributed by atoms with E-state index in [1.165, 1.54) is 6.08 Å². The van der Waals surface area contributed by atoms with Gasteiger partial charge in [0.25, 0.3) is 0 Å². The summed E-state index contributed by atoms with van der Waals surface area (Å²) in [6.07, 6.45) is 3.05. The van der Waals surface area contributed by atoms with Gasteiger partial charge in [-0.1, -0.05) is 0 Å². The van der Waals surface area contributed by atoms with Crippen LogP contribution in [0.5, 0.6) is 0 Å². The van der Waals surface area contributed by atoms with Crippen molar-refractivity contribution in [1.29, 1.82) is 5.26 Å². The van der Waals surface area contributed by atoms with Gasteiger partial charge in [-0.25, -0.2) is 0 Å². The van der Waals surface area contributed by atoms with Gasteiger partial charge in [-0.05, 0) is 6.08 Å². The molecule has 0 amide bonds. The van der Waals surface area contributed by atoms with E-state index in [-0.39, 0.29) is 0 Å². The Balaban J connectivity index is 2.97. The molecule has 7 heavy (non-hydrogen) atoms. The van der Waals surface area contributed by atoms with E-state index < -0.39 is 0 Å². The first-order chi connectivity index (χ1) is 3.41. The first-order valence-corrected chi connectivity index (χ1v) is 1.95. The third-order valence-electron chi connectivity index (χ3n) is 0.455. The molecule has 0 heterocycles. The highest BCUT2D eigenvalue weighted by molar-refractivity contribution is 5.01. The summed E-state index contributed by atoms with van der Waals surface area (Å²) in [5.74, 6) is 0. The maximum absolute atomic E-state index is 7.90. The Hall–Kier alpha value is -0.810. The fourth-order valence-corrected chi connectivity index (χ4v) is 0.197. The SMILES string of the molecule is COC/C=C\C#N. The maximum Gasteiger partial charge on any atom is 0.0909 e. The molecule has 0 bridgehead atoms. The van der Waals surface area contributed by atoms with Crippen LogP contribution in [0.3, 0.4) is 0 Å². The Morgan fingerprint density at radius 2 is 2.57 bits per heavy atom. The van der Waals surface area contributed by atoms with Gasteiger partial charge in [0.1, 0.15) is 0 Å². The lowest BCUT2D eigenvalue weighted by atomic mass is 10.5. The summed E-state index contributed by atoms with van der Waals surface area (Å²) >= 11 is 0. The van der Waals surface area contributed by atoms with Crippen molar-refractivity contribution in [2.75, 3.05) is 13.7 Å². The molecule has 0 atom stereocenters. The molecule has 2 nitrogen and oxygen atoms in total. The highest BCUT2D eigenvalue weighted by Gasteiger charge is 1.65. The second-order valence-corrected chi connectivity index (χ2v) is 0.987. The van der Waals surface area contributed by atoms with E-state index in [2.05, 4.69) is 4.74 Å². The van der Waals surface area contributed by atoms with Crippen LogP contribution < -0.4 is 0 Å². The number of nitrogens with zero attached hydrogens (tertiary/aromatic N) is 1. The standard InChI is InChI=1S/C5H7NO/c1-7-5-3-2-4-6/h2-3H,5H2,1H3/b3-2-. The van der Waals surface area contributed by atoms with Crippen LogP contribution in [0.2, 0.25) is 0 Å². The first kappa shape index (κ1) is 6.19. The monoisotopic (exact) mass is 97.1 g/mol. The second kappa shape index (κ2) is 5.19. The van der Waals surface area contributed by atoms with Gasteiger partial charge < -0.3 is 4.74 Å². The zero-order valence-corrected chi connectivity index (χ0v) is 4.22. The molecule has 0 aromatic heterocycles. The lowest BCUT2D eigenvalue weighted by Crippen LogP contribution is -1.78. The van der Waals surface area contributed by atoms with Crippen LogP contribution >= 0.6 is 0 Å². The van der Waals surface area contributed by atoms with Crippen LogP contribution in [0.15, 0.2) is 12.2 Å². The molecular weight excluding hydrogens is 90.1 g/mol. The van der Waals surface area contributed by atoms with Gasteiger partial charge in [0, 0.05) is 13.2 Å². The van der Waals surface area contributed by atoms with Crippen LogP contribution in [0, 0.1) is 11.3 Å². The van der Waals surface area contributed by atoms with Crippen molar-refractivity contribution in [1.82, 2.24) is 0 Å². The predicted molar refractivity (Wildman–Crippen MR) is 26.6 cm³/mol. The number of rotatable bonds is 2. The molecule has 0 fully saturated rings. The molecule has 0 aromatic carbocycles. The molecule has 0 unspecified atom stereocenters. The summed E-state index contributed by atoms with van der Waals surface area (Å²) in [6.45, 7) is 0.521. The minimum absolute atomic E-state index is 0.521. The summed E-state index contributed by atoms with van der Waals surface area (Å²) in [7, 11) is 1.59. The van der Waals surface area contributed by atoms with Crippen molar-refractivity contribution >= 4 is 0 Å². The quantitative estimate of drug-likeness (QED) is 0.475. The summed E-state index contributed by atoms with van der Waals surface area (Å²) in [4.78, 5) is 0. The average molecular weight is 97.1 g/mol. The van der Waals surface area contributed by atoms with E-state index >= 15 is 0 Å². The summed E-state index contributed by atoms with van der Waals surface area (Å²) < 4.78 is 4.61. The maximum atomic E-state index is 7.90. The van der Waals surface area contributed by atoms with E-state index in [1.807, 2.05) is 6.07 Å². The fraction of sp³-hybridized carbons (Fsp3) is 0.400. The van der Waals surface area contributed by atoms with Crippen LogP contribution in [-0.2, 0) is 4.74 Å². The largest absolute Gasteiger partial charge is 0.381 e. The van der Waals surface area contributed by atoms with Gasteiger partial charge in [-0.15, -0.1) is 0 Å².